The molecule has 1 rings (SSSR count). The number of nitrogens with two attached hydrogens (primary N) is 1. The summed E-state index contributed by atoms with van der Waals surface area (Å²) in [6.07, 6.45) is 2.68. The molecule has 0 aliphatic rings. The first kappa shape index (κ1) is 11.4. The van der Waals surface area contributed by atoms with E-state index in [0.29, 0.717) is 0 Å². The first-order valence-corrected chi connectivity index (χ1v) is 5.31. The van der Waals surface area contributed by atoms with Gasteiger partial charge in [0.05, 0.1) is 6.04 Å². The Hall–Kier alpha value is -0.640. The van der Waals surface area contributed by atoms with E-state index in [0.717, 1.165) is 10.9 Å². The van der Waals surface area contributed by atoms with Crippen LogP contribution < -0.4 is 11.3 Å². The molecular formula is C11H15BrN2. The van der Waals surface area contributed by atoms with E-state index in [2.05, 4.69) is 47.0 Å². The average molecular weight is 255 g/mol. The topological polar surface area (TPSA) is 38.0 Å². The third-order valence-corrected chi connectivity index (χ3v) is 2.85. The predicted molar refractivity (Wildman–Crippen MR) is 63.8 cm³/mol. The van der Waals surface area contributed by atoms with Gasteiger partial charge in [0.1, 0.15) is 0 Å². The van der Waals surface area contributed by atoms with Gasteiger partial charge < -0.3 is 0 Å². The molecule has 3 heteroatoms. The van der Waals surface area contributed by atoms with E-state index in [4.69, 9.17) is 5.84 Å². The van der Waals surface area contributed by atoms with Crippen LogP contribution in [0.15, 0.2) is 35.3 Å². The number of nitrogens with one attached hydrogen (secondary N) is 1. The minimum atomic E-state index is 0.127. The molecule has 3 N–H and O–H groups in total. The lowest BCUT2D eigenvalue weighted by molar-refractivity contribution is 0.559. The van der Waals surface area contributed by atoms with Crippen molar-refractivity contribution in [1.82, 2.24) is 5.43 Å². The molecule has 0 radical (unpaired) electrons. The molecule has 0 saturated heterocycles. The van der Waals surface area contributed by atoms with E-state index >= 15 is 0 Å². The highest BCUT2D eigenvalue weighted by molar-refractivity contribution is 9.10. The van der Waals surface area contributed by atoms with Gasteiger partial charge in [-0.1, -0.05) is 39.7 Å². The number of aryl methyl sites for hydroxylation is 1. The van der Waals surface area contributed by atoms with Gasteiger partial charge in [-0.3, -0.25) is 11.3 Å². The van der Waals surface area contributed by atoms with Crippen molar-refractivity contribution >= 4 is 15.9 Å². The van der Waals surface area contributed by atoms with Crippen LogP contribution >= 0.6 is 15.9 Å². The Labute approximate surface area is 93.3 Å². The molecule has 76 valence electrons. The molecule has 0 aromatic heterocycles. The van der Waals surface area contributed by atoms with Gasteiger partial charge in [-0.25, -0.2) is 0 Å². The molecule has 0 amide bonds. The van der Waals surface area contributed by atoms with E-state index in [1.165, 1.54) is 11.1 Å². The van der Waals surface area contributed by atoms with Gasteiger partial charge in [-0.05, 0) is 25.0 Å². The minimum Gasteiger partial charge on any atom is -0.271 e. The molecule has 0 aliphatic heterocycles. The van der Waals surface area contributed by atoms with E-state index in [9.17, 15) is 0 Å². The third-order valence-electron chi connectivity index (χ3n) is 2.13. The van der Waals surface area contributed by atoms with Gasteiger partial charge in [0.2, 0.25) is 0 Å². The summed E-state index contributed by atoms with van der Waals surface area (Å²) in [6.45, 7) is 5.78. The Morgan fingerprint density at radius 2 is 2.36 bits per heavy atom. The average Bonchev–Trinajstić information content (AvgIpc) is 2.18. The smallest absolute Gasteiger partial charge is 0.0505 e. The second kappa shape index (κ2) is 5.29. The summed E-state index contributed by atoms with van der Waals surface area (Å²) in [5, 5.41) is 0. The number of halogens is 1. The van der Waals surface area contributed by atoms with Crippen LogP contribution in [-0.2, 0) is 0 Å². The zero-order valence-electron chi connectivity index (χ0n) is 8.26. The Morgan fingerprint density at radius 1 is 1.64 bits per heavy atom. The monoisotopic (exact) mass is 254 g/mol. The Bertz CT molecular complexity index is 323. The summed E-state index contributed by atoms with van der Waals surface area (Å²) in [6, 6.07) is 6.35. The quantitative estimate of drug-likeness (QED) is 0.493. The molecule has 0 heterocycles. The molecule has 1 aromatic rings. The Balaban J connectivity index is 3.01. The molecule has 2 nitrogen and oxygen atoms in total. The van der Waals surface area contributed by atoms with Crippen molar-refractivity contribution < 1.29 is 0 Å². The van der Waals surface area contributed by atoms with Gasteiger partial charge >= 0.3 is 0 Å². The fourth-order valence-corrected chi connectivity index (χ4v) is 1.90. The van der Waals surface area contributed by atoms with E-state index in [1.807, 2.05) is 12.1 Å². The van der Waals surface area contributed by atoms with Crippen molar-refractivity contribution in [3.63, 3.8) is 0 Å². The van der Waals surface area contributed by atoms with E-state index in [1.54, 1.807) is 0 Å². The minimum absolute atomic E-state index is 0.127. The lowest BCUT2D eigenvalue weighted by Gasteiger charge is -2.16. The zero-order chi connectivity index (χ0) is 10.6. The van der Waals surface area contributed by atoms with Gasteiger partial charge in [0.25, 0.3) is 0 Å². The molecule has 0 aliphatic carbocycles. The number of benzene rings is 1. The van der Waals surface area contributed by atoms with Crippen molar-refractivity contribution in [2.75, 3.05) is 0 Å². The standard InChI is InChI=1S/C11H15BrN2/c1-3-4-11(14-13)9-7-8(2)5-6-10(9)12/h3,5-7,11,14H,1,4,13H2,2H3. The number of hydrogen-bond donors (Lipinski definition) is 2. The molecule has 0 spiro atoms. The first-order valence-electron chi connectivity index (χ1n) is 4.52. The van der Waals surface area contributed by atoms with Crippen molar-refractivity contribution in [2.45, 2.75) is 19.4 Å². The van der Waals surface area contributed by atoms with Gasteiger partial charge in [-0.2, -0.15) is 0 Å². The second-order valence-electron chi connectivity index (χ2n) is 3.27. The largest absolute Gasteiger partial charge is 0.271 e. The third kappa shape index (κ3) is 2.67. The SMILES string of the molecule is C=CCC(NN)c1cc(C)ccc1Br. The van der Waals surface area contributed by atoms with Gasteiger partial charge in [-0.15, -0.1) is 6.58 Å². The predicted octanol–water partition coefficient (Wildman–Crippen LogP) is 2.84. The summed E-state index contributed by atoms with van der Waals surface area (Å²) in [7, 11) is 0. The van der Waals surface area contributed by atoms with Crippen molar-refractivity contribution in [3.8, 4) is 0 Å². The molecule has 1 unspecified atom stereocenters. The van der Waals surface area contributed by atoms with Crippen LogP contribution in [0.4, 0.5) is 0 Å². The van der Waals surface area contributed by atoms with Crippen LogP contribution in [0, 0.1) is 6.92 Å². The van der Waals surface area contributed by atoms with Gasteiger partial charge in [0.15, 0.2) is 0 Å². The van der Waals surface area contributed by atoms with E-state index in [-0.39, 0.29) is 6.04 Å². The van der Waals surface area contributed by atoms with Crippen LogP contribution in [0.5, 0.6) is 0 Å². The maximum absolute atomic E-state index is 5.49. The van der Waals surface area contributed by atoms with Crippen molar-refractivity contribution in [1.29, 1.82) is 0 Å². The fraction of sp³-hybridized carbons (Fsp3) is 0.273. The van der Waals surface area contributed by atoms with E-state index < -0.39 is 0 Å². The number of hydrazine groups is 1. The van der Waals surface area contributed by atoms with Crippen LogP contribution in [0.1, 0.15) is 23.6 Å². The first-order chi connectivity index (χ1) is 6.69. The summed E-state index contributed by atoms with van der Waals surface area (Å²) in [4.78, 5) is 0. The lowest BCUT2D eigenvalue weighted by Crippen LogP contribution is -2.27. The van der Waals surface area contributed by atoms with Crippen molar-refractivity contribution in [3.05, 3.63) is 46.5 Å². The second-order valence-corrected chi connectivity index (χ2v) is 4.12. The van der Waals surface area contributed by atoms with Crippen LogP contribution in [0.2, 0.25) is 0 Å². The molecule has 0 fully saturated rings. The molecule has 14 heavy (non-hydrogen) atoms. The van der Waals surface area contributed by atoms with Crippen LogP contribution in [0.3, 0.4) is 0 Å². The molecule has 0 bridgehead atoms. The number of hydrogen-bond acceptors (Lipinski definition) is 2. The molecular weight excluding hydrogens is 240 g/mol. The highest BCUT2D eigenvalue weighted by atomic mass is 79.9. The maximum atomic E-state index is 5.49. The number of rotatable bonds is 4. The van der Waals surface area contributed by atoms with Crippen LogP contribution in [-0.4, -0.2) is 0 Å². The van der Waals surface area contributed by atoms with Gasteiger partial charge in [0, 0.05) is 4.47 Å². The maximum Gasteiger partial charge on any atom is 0.0505 e. The highest BCUT2D eigenvalue weighted by Gasteiger charge is 2.10. The van der Waals surface area contributed by atoms with Crippen LogP contribution in [0.25, 0.3) is 0 Å². The summed E-state index contributed by atoms with van der Waals surface area (Å²) < 4.78 is 1.08. The lowest BCUT2D eigenvalue weighted by atomic mass is 10.0. The Kier molecular flexibility index (Phi) is 4.32. The molecule has 1 aromatic carbocycles. The Morgan fingerprint density at radius 3 is 2.93 bits per heavy atom. The summed E-state index contributed by atoms with van der Waals surface area (Å²) >= 11 is 3.51. The fourth-order valence-electron chi connectivity index (χ4n) is 1.38. The summed E-state index contributed by atoms with van der Waals surface area (Å²) in [5.41, 5.74) is 5.19. The normalized spacial score (nSPS) is 12.5. The zero-order valence-corrected chi connectivity index (χ0v) is 9.84. The molecule has 0 saturated carbocycles. The van der Waals surface area contributed by atoms with Crippen molar-refractivity contribution in [2.24, 2.45) is 5.84 Å². The summed E-state index contributed by atoms with van der Waals surface area (Å²) in [5.74, 6) is 5.49. The highest BCUT2D eigenvalue weighted by Crippen LogP contribution is 2.26. The molecule has 1 atom stereocenters.